The van der Waals surface area contributed by atoms with E-state index >= 15 is 0 Å². The van der Waals surface area contributed by atoms with Crippen molar-refractivity contribution in [2.75, 3.05) is 12.8 Å². The van der Waals surface area contributed by atoms with Gasteiger partial charge in [-0.2, -0.15) is 0 Å². The molecule has 0 aliphatic carbocycles. The maximum absolute atomic E-state index is 12.0. The van der Waals surface area contributed by atoms with E-state index in [9.17, 15) is 4.79 Å². The fourth-order valence-electron chi connectivity index (χ4n) is 1.89. The molecule has 106 valence electrons. The zero-order chi connectivity index (χ0) is 14.7. The van der Waals surface area contributed by atoms with Crippen LogP contribution in [0.2, 0.25) is 0 Å². The first-order valence-corrected chi connectivity index (χ1v) is 6.06. The minimum atomic E-state index is -0.445. The number of carbonyl (C=O) groups is 1. The SMILES string of the molecule is COc1ccc(C)cc1C(C)NC(=O)c1nonc1N. The van der Waals surface area contributed by atoms with Crippen molar-refractivity contribution in [3.8, 4) is 5.75 Å². The lowest BCUT2D eigenvalue weighted by molar-refractivity contribution is 0.0930. The third-order valence-corrected chi connectivity index (χ3v) is 2.93. The summed E-state index contributed by atoms with van der Waals surface area (Å²) in [5.74, 6) is 0.223. The van der Waals surface area contributed by atoms with Crippen molar-refractivity contribution < 1.29 is 14.2 Å². The van der Waals surface area contributed by atoms with Gasteiger partial charge in [0.25, 0.3) is 5.91 Å². The van der Waals surface area contributed by atoms with Crippen molar-refractivity contribution in [2.45, 2.75) is 19.9 Å². The molecule has 1 atom stereocenters. The highest BCUT2D eigenvalue weighted by molar-refractivity contribution is 5.96. The Morgan fingerprint density at radius 1 is 1.45 bits per heavy atom. The molecule has 0 aliphatic heterocycles. The zero-order valence-electron chi connectivity index (χ0n) is 11.5. The first kappa shape index (κ1) is 13.9. The molecule has 20 heavy (non-hydrogen) atoms. The summed E-state index contributed by atoms with van der Waals surface area (Å²) in [6, 6.07) is 5.48. The number of hydrogen-bond donors (Lipinski definition) is 2. The molecule has 0 aliphatic rings. The van der Waals surface area contributed by atoms with Gasteiger partial charge in [0.1, 0.15) is 5.75 Å². The molecule has 0 saturated heterocycles. The van der Waals surface area contributed by atoms with Crippen LogP contribution in [0.5, 0.6) is 5.75 Å². The summed E-state index contributed by atoms with van der Waals surface area (Å²) in [5.41, 5.74) is 7.40. The lowest BCUT2D eigenvalue weighted by Crippen LogP contribution is -2.28. The molecule has 3 N–H and O–H groups in total. The number of benzene rings is 1. The number of methoxy groups -OCH3 is 1. The van der Waals surface area contributed by atoms with Crippen LogP contribution in [0.3, 0.4) is 0 Å². The number of rotatable bonds is 4. The topological polar surface area (TPSA) is 103 Å². The van der Waals surface area contributed by atoms with Crippen LogP contribution in [0.15, 0.2) is 22.8 Å². The highest BCUT2D eigenvalue weighted by Gasteiger charge is 2.20. The molecule has 1 aromatic heterocycles. The first-order valence-electron chi connectivity index (χ1n) is 6.06. The number of ether oxygens (including phenoxy) is 1. The predicted octanol–water partition coefficient (Wildman–Crippen LogP) is 1.46. The highest BCUT2D eigenvalue weighted by atomic mass is 16.6. The Labute approximate surface area is 116 Å². The van der Waals surface area contributed by atoms with Gasteiger partial charge < -0.3 is 15.8 Å². The van der Waals surface area contributed by atoms with Gasteiger partial charge in [0.15, 0.2) is 0 Å². The number of aryl methyl sites for hydroxylation is 1. The average molecular weight is 276 g/mol. The quantitative estimate of drug-likeness (QED) is 0.876. The van der Waals surface area contributed by atoms with Crippen LogP contribution in [0.4, 0.5) is 5.82 Å². The number of anilines is 1. The van der Waals surface area contributed by atoms with Gasteiger partial charge in [0.2, 0.25) is 11.5 Å². The van der Waals surface area contributed by atoms with Crippen LogP contribution in [-0.4, -0.2) is 23.3 Å². The van der Waals surface area contributed by atoms with Gasteiger partial charge in [0.05, 0.1) is 13.2 Å². The molecule has 1 amide bonds. The molecule has 2 aromatic rings. The molecule has 0 saturated carbocycles. The number of nitrogens with one attached hydrogen (secondary N) is 1. The lowest BCUT2D eigenvalue weighted by atomic mass is 10.0. The van der Waals surface area contributed by atoms with E-state index in [0.29, 0.717) is 5.75 Å². The Balaban J connectivity index is 2.20. The maximum atomic E-state index is 12.0. The van der Waals surface area contributed by atoms with E-state index in [0.717, 1.165) is 11.1 Å². The Bertz CT molecular complexity index is 624. The van der Waals surface area contributed by atoms with E-state index in [1.165, 1.54) is 0 Å². The zero-order valence-corrected chi connectivity index (χ0v) is 11.5. The molecule has 1 heterocycles. The molecular formula is C13H16N4O3. The third-order valence-electron chi connectivity index (χ3n) is 2.93. The summed E-state index contributed by atoms with van der Waals surface area (Å²) in [6.45, 7) is 3.82. The van der Waals surface area contributed by atoms with E-state index in [1.54, 1.807) is 7.11 Å². The monoisotopic (exact) mass is 276 g/mol. The number of amides is 1. The molecule has 7 heteroatoms. The van der Waals surface area contributed by atoms with Crippen molar-refractivity contribution in [3.63, 3.8) is 0 Å². The summed E-state index contributed by atoms with van der Waals surface area (Å²) in [4.78, 5) is 12.0. The predicted molar refractivity (Wildman–Crippen MR) is 72.3 cm³/mol. The second kappa shape index (κ2) is 5.60. The van der Waals surface area contributed by atoms with Gasteiger partial charge in [0, 0.05) is 5.56 Å². The van der Waals surface area contributed by atoms with Crippen LogP contribution in [0.1, 0.15) is 34.6 Å². The number of nitrogens with two attached hydrogens (primary N) is 1. The number of carbonyl (C=O) groups excluding carboxylic acids is 1. The van der Waals surface area contributed by atoms with Gasteiger partial charge in [-0.3, -0.25) is 4.79 Å². The molecule has 2 rings (SSSR count). The molecule has 0 radical (unpaired) electrons. The molecular weight excluding hydrogens is 260 g/mol. The molecule has 1 aromatic carbocycles. The number of nitrogen functional groups attached to an aromatic ring is 1. The van der Waals surface area contributed by atoms with Crippen molar-refractivity contribution in [2.24, 2.45) is 0 Å². The van der Waals surface area contributed by atoms with Crippen molar-refractivity contribution in [1.29, 1.82) is 0 Å². The Morgan fingerprint density at radius 3 is 2.80 bits per heavy atom. The third kappa shape index (κ3) is 2.71. The van der Waals surface area contributed by atoms with E-state index in [2.05, 4.69) is 20.3 Å². The van der Waals surface area contributed by atoms with Gasteiger partial charge >= 0.3 is 0 Å². The average Bonchev–Trinajstić information content (AvgIpc) is 2.85. The molecule has 7 nitrogen and oxygen atoms in total. The summed E-state index contributed by atoms with van der Waals surface area (Å²) in [7, 11) is 1.59. The molecule has 0 spiro atoms. The summed E-state index contributed by atoms with van der Waals surface area (Å²) < 4.78 is 9.70. The summed E-state index contributed by atoms with van der Waals surface area (Å²) in [6.07, 6.45) is 0. The first-order chi connectivity index (χ1) is 9.52. The largest absolute Gasteiger partial charge is 0.496 e. The summed E-state index contributed by atoms with van der Waals surface area (Å²) >= 11 is 0. The molecule has 0 fully saturated rings. The minimum Gasteiger partial charge on any atom is -0.496 e. The second-order valence-corrected chi connectivity index (χ2v) is 4.44. The Morgan fingerprint density at radius 2 is 2.20 bits per heavy atom. The maximum Gasteiger partial charge on any atom is 0.277 e. The van der Waals surface area contributed by atoms with Crippen molar-refractivity contribution in [1.82, 2.24) is 15.6 Å². The van der Waals surface area contributed by atoms with Crippen LogP contribution < -0.4 is 15.8 Å². The minimum absolute atomic E-state index is 0.0246. The van der Waals surface area contributed by atoms with Gasteiger partial charge in [-0.05, 0) is 30.2 Å². The normalized spacial score (nSPS) is 11.9. The molecule has 0 bridgehead atoms. The number of hydrogen-bond acceptors (Lipinski definition) is 6. The van der Waals surface area contributed by atoms with Gasteiger partial charge in [-0.1, -0.05) is 17.7 Å². The Kier molecular flexibility index (Phi) is 3.88. The Hall–Kier alpha value is -2.57. The van der Waals surface area contributed by atoms with Crippen molar-refractivity contribution >= 4 is 11.7 Å². The van der Waals surface area contributed by atoms with E-state index < -0.39 is 5.91 Å². The fourth-order valence-corrected chi connectivity index (χ4v) is 1.89. The second-order valence-electron chi connectivity index (χ2n) is 4.44. The van der Waals surface area contributed by atoms with Crippen LogP contribution in [0.25, 0.3) is 0 Å². The fraction of sp³-hybridized carbons (Fsp3) is 0.308. The number of nitrogens with zero attached hydrogens (tertiary/aromatic N) is 2. The molecule has 1 unspecified atom stereocenters. The van der Waals surface area contributed by atoms with Gasteiger partial charge in [-0.25, -0.2) is 4.63 Å². The standard InChI is InChI=1S/C13H16N4O3/c1-7-4-5-10(19-3)9(6-7)8(2)15-13(18)11-12(14)17-20-16-11/h4-6,8H,1-3H3,(H2,14,17)(H,15,18). The summed E-state index contributed by atoms with van der Waals surface area (Å²) in [5, 5.41) is 9.62. The number of aromatic nitrogens is 2. The van der Waals surface area contributed by atoms with Gasteiger partial charge in [-0.15, -0.1) is 0 Å². The smallest absolute Gasteiger partial charge is 0.277 e. The van der Waals surface area contributed by atoms with Crippen molar-refractivity contribution in [3.05, 3.63) is 35.0 Å². The van der Waals surface area contributed by atoms with E-state index in [1.807, 2.05) is 32.0 Å². The highest BCUT2D eigenvalue weighted by Crippen LogP contribution is 2.26. The van der Waals surface area contributed by atoms with E-state index in [4.69, 9.17) is 10.5 Å². The van der Waals surface area contributed by atoms with Crippen LogP contribution in [0, 0.1) is 6.92 Å². The van der Waals surface area contributed by atoms with E-state index in [-0.39, 0.29) is 17.6 Å². The lowest BCUT2D eigenvalue weighted by Gasteiger charge is -2.17. The van der Waals surface area contributed by atoms with Crippen LogP contribution in [-0.2, 0) is 0 Å². The van der Waals surface area contributed by atoms with Crippen LogP contribution >= 0.6 is 0 Å².